The minimum atomic E-state index is -0.619. The van der Waals surface area contributed by atoms with E-state index in [0.29, 0.717) is 24.0 Å². The summed E-state index contributed by atoms with van der Waals surface area (Å²) in [6, 6.07) is 28.0. The molecule has 2 atom stereocenters. The van der Waals surface area contributed by atoms with Gasteiger partial charge in [-0.15, -0.1) is 0 Å². The molecule has 2 heterocycles. The molecule has 1 aliphatic heterocycles. The molecule has 1 N–H and O–H groups in total. The first-order valence-electron chi connectivity index (χ1n) is 12.7. The first-order chi connectivity index (χ1) is 18.6. The number of benzene rings is 3. The Balaban J connectivity index is 1.52. The second-order valence-corrected chi connectivity index (χ2v) is 9.57. The molecular formula is C32H27N3O3. The van der Waals surface area contributed by atoms with E-state index in [4.69, 9.17) is 4.74 Å². The number of ether oxygens (including phenoxy) is 1. The van der Waals surface area contributed by atoms with Crippen molar-refractivity contribution >= 4 is 23.1 Å². The quantitative estimate of drug-likeness (QED) is 0.355. The van der Waals surface area contributed by atoms with E-state index >= 15 is 0 Å². The lowest BCUT2D eigenvalue weighted by Crippen LogP contribution is -2.38. The van der Waals surface area contributed by atoms with Crippen molar-refractivity contribution in [2.24, 2.45) is 0 Å². The van der Waals surface area contributed by atoms with Crippen LogP contribution in [-0.2, 0) is 4.79 Å². The summed E-state index contributed by atoms with van der Waals surface area (Å²) < 4.78 is 5.32. The Morgan fingerprint density at radius 1 is 0.895 bits per heavy atom. The smallest absolute Gasteiger partial charge is 0.259 e. The Bertz CT molecular complexity index is 1510. The molecule has 0 unspecified atom stereocenters. The molecule has 0 saturated carbocycles. The van der Waals surface area contributed by atoms with Crippen molar-refractivity contribution in [2.75, 3.05) is 17.3 Å². The van der Waals surface area contributed by atoms with E-state index in [9.17, 15) is 9.59 Å². The molecule has 4 aromatic rings. The fourth-order valence-corrected chi connectivity index (χ4v) is 5.50. The number of anilines is 2. The predicted molar refractivity (Wildman–Crippen MR) is 147 cm³/mol. The molecule has 0 saturated heterocycles. The number of ketones is 1. The molecule has 6 heteroatoms. The summed E-state index contributed by atoms with van der Waals surface area (Å²) in [5.41, 5.74) is 5.39. The van der Waals surface area contributed by atoms with Crippen molar-refractivity contribution in [1.29, 1.82) is 0 Å². The Morgan fingerprint density at radius 3 is 2.39 bits per heavy atom. The molecule has 6 rings (SSSR count). The third-order valence-corrected chi connectivity index (χ3v) is 7.32. The third kappa shape index (κ3) is 4.24. The average molecular weight is 502 g/mol. The topological polar surface area (TPSA) is 71.5 Å². The van der Waals surface area contributed by atoms with Crippen LogP contribution in [0.1, 0.15) is 46.3 Å². The van der Waals surface area contributed by atoms with Crippen LogP contribution >= 0.6 is 0 Å². The van der Waals surface area contributed by atoms with E-state index < -0.39 is 6.04 Å². The summed E-state index contributed by atoms with van der Waals surface area (Å²) in [7, 11) is 1.64. The van der Waals surface area contributed by atoms with Gasteiger partial charge in [-0.25, -0.2) is 0 Å². The van der Waals surface area contributed by atoms with Gasteiger partial charge in [0.15, 0.2) is 5.78 Å². The summed E-state index contributed by atoms with van der Waals surface area (Å²) in [6.45, 7) is 0. The summed E-state index contributed by atoms with van der Waals surface area (Å²) >= 11 is 0. The van der Waals surface area contributed by atoms with E-state index in [0.717, 1.165) is 33.9 Å². The van der Waals surface area contributed by atoms with Crippen LogP contribution in [0.15, 0.2) is 115 Å². The zero-order valence-corrected chi connectivity index (χ0v) is 21.0. The van der Waals surface area contributed by atoms with Crippen molar-refractivity contribution in [2.45, 2.75) is 24.8 Å². The first-order valence-corrected chi connectivity index (χ1v) is 12.7. The fourth-order valence-electron chi connectivity index (χ4n) is 5.50. The summed E-state index contributed by atoms with van der Waals surface area (Å²) in [5.74, 6) is 0.640. The molecule has 6 nitrogen and oxygen atoms in total. The molecule has 1 amide bonds. The van der Waals surface area contributed by atoms with Crippen LogP contribution in [0.5, 0.6) is 5.75 Å². The van der Waals surface area contributed by atoms with Crippen molar-refractivity contribution < 1.29 is 14.3 Å². The molecule has 2 aliphatic rings. The van der Waals surface area contributed by atoms with Crippen molar-refractivity contribution in [3.63, 3.8) is 0 Å². The lowest BCUT2D eigenvalue weighted by atomic mass is 9.78. The van der Waals surface area contributed by atoms with Gasteiger partial charge in [-0.2, -0.15) is 0 Å². The standard InChI is InChI=1S/C32H27N3O3/c1-38-25-15-13-21(14-16-25)24-18-27-30(29(36)19-24)31(23-10-7-17-33-20-23)35(28-12-6-5-11-26(28)34-27)32(37)22-8-3-2-4-9-22/h2-17,20,24,31,34H,18-19H2,1H3/t24-,31-/m0/s1. The van der Waals surface area contributed by atoms with Gasteiger partial charge in [-0.3, -0.25) is 19.5 Å². The van der Waals surface area contributed by atoms with Gasteiger partial charge >= 0.3 is 0 Å². The number of hydrogen-bond acceptors (Lipinski definition) is 5. The zero-order chi connectivity index (χ0) is 26.1. The number of carbonyl (C=O) groups is 2. The van der Waals surface area contributed by atoms with Gasteiger partial charge in [-0.05, 0) is 65.9 Å². The number of rotatable bonds is 4. The maximum Gasteiger partial charge on any atom is 0.259 e. The highest BCUT2D eigenvalue weighted by Gasteiger charge is 2.42. The van der Waals surface area contributed by atoms with Gasteiger partial charge in [0.1, 0.15) is 5.75 Å². The summed E-state index contributed by atoms with van der Waals surface area (Å²) in [6.07, 6.45) is 4.45. The molecule has 0 spiro atoms. The highest BCUT2D eigenvalue weighted by atomic mass is 16.5. The van der Waals surface area contributed by atoms with Gasteiger partial charge in [0.05, 0.1) is 24.5 Å². The van der Waals surface area contributed by atoms with E-state index in [1.807, 2.05) is 78.9 Å². The summed E-state index contributed by atoms with van der Waals surface area (Å²) in [5, 5.41) is 3.57. The second-order valence-electron chi connectivity index (χ2n) is 9.57. The van der Waals surface area contributed by atoms with Gasteiger partial charge in [-0.1, -0.05) is 48.5 Å². The summed E-state index contributed by atoms with van der Waals surface area (Å²) in [4.78, 5) is 34.3. The molecule has 3 aromatic carbocycles. The Kier molecular flexibility index (Phi) is 6.22. The van der Waals surface area contributed by atoms with Gasteiger partial charge in [0.2, 0.25) is 0 Å². The number of aromatic nitrogens is 1. The maximum atomic E-state index is 14.2. The number of pyridine rings is 1. The highest BCUT2D eigenvalue weighted by molar-refractivity contribution is 6.12. The molecule has 188 valence electrons. The molecule has 1 aliphatic carbocycles. The van der Waals surface area contributed by atoms with E-state index in [1.165, 1.54) is 0 Å². The highest BCUT2D eigenvalue weighted by Crippen LogP contribution is 2.47. The number of allylic oxidation sites excluding steroid dienone is 1. The number of para-hydroxylation sites is 2. The number of carbonyl (C=O) groups excluding carboxylic acids is 2. The first kappa shape index (κ1) is 23.7. The molecule has 0 bridgehead atoms. The van der Waals surface area contributed by atoms with E-state index in [-0.39, 0.29) is 17.6 Å². The number of fused-ring (bicyclic) bond motifs is 1. The van der Waals surface area contributed by atoms with Crippen molar-refractivity contribution in [3.8, 4) is 5.75 Å². The number of hydrogen-bond donors (Lipinski definition) is 1. The van der Waals surface area contributed by atoms with Crippen LogP contribution in [0, 0.1) is 0 Å². The second kappa shape index (κ2) is 9.98. The SMILES string of the molecule is COc1ccc([C@@H]2CC(=O)C3=C(C2)Nc2ccccc2N(C(=O)c2ccccc2)[C@H]3c2cccnc2)cc1. The van der Waals surface area contributed by atoms with Crippen LogP contribution in [0.25, 0.3) is 0 Å². The maximum absolute atomic E-state index is 14.2. The molecule has 0 radical (unpaired) electrons. The van der Waals surface area contributed by atoms with Crippen LogP contribution in [0.2, 0.25) is 0 Å². The van der Waals surface area contributed by atoms with Crippen LogP contribution < -0.4 is 15.0 Å². The van der Waals surface area contributed by atoms with E-state index in [1.54, 1.807) is 36.5 Å². The normalized spacial score (nSPS) is 18.7. The van der Waals surface area contributed by atoms with Gasteiger partial charge < -0.3 is 10.1 Å². The number of nitrogens with one attached hydrogen (secondary N) is 1. The van der Waals surface area contributed by atoms with E-state index in [2.05, 4.69) is 10.3 Å². The van der Waals surface area contributed by atoms with Crippen molar-refractivity contribution in [1.82, 2.24) is 4.98 Å². The van der Waals surface area contributed by atoms with Crippen LogP contribution in [0.4, 0.5) is 11.4 Å². The van der Waals surface area contributed by atoms with Gasteiger partial charge in [0, 0.05) is 35.6 Å². The molecule has 1 aromatic heterocycles. The Morgan fingerprint density at radius 2 is 1.66 bits per heavy atom. The minimum absolute atomic E-state index is 0.0118. The predicted octanol–water partition coefficient (Wildman–Crippen LogP) is 6.30. The molecule has 38 heavy (non-hydrogen) atoms. The third-order valence-electron chi connectivity index (χ3n) is 7.32. The number of amides is 1. The lowest BCUT2D eigenvalue weighted by molar-refractivity contribution is -0.116. The Hall–Kier alpha value is -4.71. The fraction of sp³-hybridized carbons (Fsp3) is 0.156. The number of methoxy groups -OCH3 is 1. The lowest BCUT2D eigenvalue weighted by Gasteiger charge is -2.35. The van der Waals surface area contributed by atoms with Crippen LogP contribution in [-0.4, -0.2) is 23.8 Å². The van der Waals surface area contributed by atoms with Crippen molar-refractivity contribution in [3.05, 3.63) is 131 Å². The number of Topliss-reactive ketones (excluding diaryl/α,β-unsaturated/α-hetero) is 1. The molecule has 0 fully saturated rings. The van der Waals surface area contributed by atoms with Crippen LogP contribution in [0.3, 0.4) is 0 Å². The average Bonchev–Trinajstić information content (AvgIpc) is 3.12. The zero-order valence-electron chi connectivity index (χ0n) is 21.0. The largest absolute Gasteiger partial charge is 0.497 e. The monoisotopic (exact) mass is 501 g/mol. The Labute approximate surface area is 221 Å². The number of nitrogens with zero attached hydrogens (tertiary/aromatic N) is 2. The molecular weight excluding hydrogens is 474 g/mol. The van der Waals surface area contributed by atoms with Gasteiger partial charge in [0.25, 0.3) is 5.91 Å². The minimum Gasteiger partial charge on any atom is -0.497 e.